The molecule has 1 heteroatoms. The molecular weight excluding hydrogens is 224 g/mol. The lowest BCUT2D eigenvalue weighted by atomic mass is 9.94. The highest BCUT2D eigenvalue weighted by atomic mass is 79.9. The number of alkyl halides is 1. The number of rotatable bonds is 1. The molecule has 1 aliphatic rings. The number of benzene rings is 1. The van der Waals surface area contributed by atoms with Crippen molar-refractivity contribution in [2.75, 3.05) is 0 Å². The van der Waals surface area contributed by atoms with E-state index in [4.69, 9.17) is 0 Å². The van der Waals surface area contributed by atoms with Crippen LogP contribution < -0.4 is 0 Å². The number of allylic oxidation sites excluding steroid dienone is 2. The quantitative estimate of drug-likeness (QED) is 0.647. The van der Waals surface area contributed by atoms with E-state index in [9.17, 15) is 0 Å². The van der Waals surface area contributed by atoms with E-state index < -0.39 is 0 Å². The first-order chi connectivity index (χ1) is 6.36. The Morgan fingerprint density at radius 2 is 1.92 bits per heavy atom. The lowest BCUT2D eigenvalue weighted by molar-refractivity contribution is 0.771. The van der Waals surface area contributed by atoms with E-state index in [0.717, 1.165) is 0 Å². The third-order valence-electron chi connectivity index (χ3n) is 2.46. The molecule has 0 spiro atoms. The molecule has 1 unspecified atom stereocenters. The Morgan fingerprint density at radius 1 is 1.15 bits per heavy atom. The molecule has 1 atom stereocenters. The second-order valence-electron chi connectivity index (χ2n) is 3.47. The Kier molecular flexibility index (Phi) is 2.84. The molecule has 13 heavy (non-hydrogen) atoms. The van der Waals surface area contributed by atoms with Crippen molar-refractivity contribution < 1.29 is 0 Å². The molecule has 0 saturated carbocycles. The van der Waals surface area contributed by atoms with E-state index in [-0.39, 0.29) is 0 Å². The molecule has 2 rings (SSSR count). The average molecular weight is 237 g/mol. The van der Waals surface area contributed by atoms with Crippen LogP contribution in [0.4, 0.5) is 0 Å². The maximum absolute atomic E-state index is 3.69. The predicted octanol–water partition coefficient (Wildman–Crippen LogP) is 4.02. The van der Waals surface area contributed by atoms with Gasteiger partial charge < -0.3 is 0 Å². The summed E-state index contributed by atoms with van der Waals surface area (Å²) in [6.45, 7) is 0. The minimum Gasteiger partial charge on any atom is -0.0887 e. The standard InChI is InChI=1S/C12H13Br/c13-12-8-4-7-11(9-12)10-5-2-1-3-6-10/h1-3,5-7,12H,4,8-9H2. The molecule has 0 bridgehead atoms. The summed E-state index contributed by atoms with van der Waals surface area (Å²) in [6, 6.07) is 10.7. The number of hydrogen-bond acceptors (Lipinski definition) is 0. The maximum atomic E-state index is 3.69. The molecule has 0 aliphatic heterocycles. The zero-order valence-corrected chi connectivity index (χ0v) is 9.13. The number of halogens is 1. The fourth-order valence-corrected chi connectivity index (χ4v) is 2.36. The first-order valence-electron chi connectivity index (χ1n) is 4.75. The van der Waals surface area contributed by atoms with Gasteiger partial charge in [-0.15, -0.1) is 0 Å². The molecule has 0 saturated heterocycles. The van der Waals surface area contributed by atoms with Crippen molar-refractivity contribution in [3.8, 4) is 0 Å². The normalized spacial score (nSPS) is 22.5. The van der Waals surface area contributed by atoms with Crippen molar-refractivity contribution >= 4 is 21.5 Å². The van der Waals surface area contributed by atoms with Gasteiger partial charge in [-0.2, -0.15) is 0 Å². The maximum Gasteiger partial charge on any atom is 0.0189 e. The van der Waals surface area contributed by atoms with Crippen molar-refractivity contribution in [1.82, 2.24) is 0 Å². The second-order valence-corrected chi connectivity index (χ2v) is 4.77. The minimum atomic E-state index is 0.674. The van der Waals surface area contributed by atoms with Gasteiger partial charge in [-0.1, -0.05) is 52.3 Å². The summed E-state index contributed by atoms with van der Waals surface area (Å²) in [5.74, 6) is 0. The van der Waals surface area contributed by atoms with Crippen LogP contribution in [-0.4, -0.2) is 4.83 Å². The molecule has 0 aromatic heterocycles. The summed E-state index contributed by atoms with van der Waals surface area (Å²) in [4.78, 5) is 0.674. The predicted molar refractivity (Wildman–Crippen MR) is 61.0 cm³/mol. The lowest BCUT2D eigenvalue weighted by Gasteiger charge is -2.17. The van der Waals surface area contributed by atoms with Crippen molar-refractivity contribution in [3.05, 3.63) is 42.0 Å². The summed E-state index contributed by atoms with van der Waals surface area (Å²) < 4.78 is 0. The van der Waals surface area contributed by atoms with Crippen LogP contribution in [0.25, 0.3) is 5.57 Å². The van der Waals surface area contributed by atoms with Crippen molar-refractivity contribution in [2.45, 2.75) is 24.1 Å². The number of hydrogen-bond donors (Lipinski definition) is 0. The fraction of sp³-hybridized carbons (Fsp3) is 0.333. The monoisotopic (exact) mass is 236 g/mol. The van der Waals surface area contributed by atoms with E-state index in [1.807, 2.05) is 0 Å². The smallest absolute Gasteiger partial charge is 0.0189 e. The third-order valence-corrected chi connectivity index (χ3v) is 3.24. The first kappa shape index (κ1) is 9.01. The fourth-order valence-electron chi connectivity index (χ4n) is 1.75. The van der Waals surface area contributed by atoms with Crippen LogP contribution in [0.15, 0.2) is 36.4 Å². The van der Waals surface area contributed by atoms with Crippen LogP contribution in [-0.2, 0) is 0 Å². The Morgan fingerprint density at radius 3 is 2.62 bits per heavy atom. The largest absolute Gasteiger partial charge is 0.0887 e. The van der Waals surface area contributed by atoms with E-state index in [2.05, 4.69) is 52.3 Å². The lowest BCUT2D eigenvalue weighted by Crippen LogP contribution is -2.03. The van der Waals surface area contributed by atoms with Crippen LogP contribution in [0.1, 0.15) is 24.8 Å². The minimum absolute atomic E-state index is 0.674. The van der Waals surface area contributed by atoms with E-state index >= 15 is 0 Å². The van der Waals surface area contributed by atoms with Crippen LogP contribution >= 0.6 is 15.9 Å². The van der Waals surface area contributed by atoms with Gasteiger partial charge in [-0.25, -0.2) is 0 Å². The molecule has 0 amide bonds. The molecule has 0 N–H and O–H groups in total. The van der Waals surface area contributed by atoms with Gasteiger partial charge in [0.2, 0.25) is 0 Å². The van der Waals surface area contributed by atoms with Gasteiger partial charge in [-0.3, -0.25) is 0 Å². The molecule has 0 fully saturated rings. The van der Waals surface area contributed by atoms with Crippen molar-refractivity contribution in [2.24, 2.45) is 0 Å². The SMILES string of the molecule is BrC1CCC=C(c2ccccc2)C1. The van der Waals surface area contributed by atoms with Crippen molar-refractivity contribution in [3.63, 3.8) is 0 Å². The topological polar surface area (TPSA) is 0 Å². The summed E-state index contributed by atoms with van der Waals surface area (Å²) in [7, 11) is 0. The van der Waals surface area contributed by atoms with Crippen molar-refractivity contribution in [1.29, 1.82) is 0 Å². The summed E-state index contributed by atoms with van der Waals surface area (Å²) in [6.07, 6.45) is 6.02. The van der Waals surface area contributed by atoms with Crippen LogP contribution in [0, 0.1) is 0 Å². The summed E-state index contributed by atoms with van der Waals surface area (Å²) in [5.41, 5.74) is 2.88. The van der Waals surface area contributed by atoms with E-state index in [1.54, 1.807) is 0 Å². The molecule has 1 aliphatic carbocycles. The Labute approximate surface area is 87.8 Å². The average Bonchev–Trinajstić information content (AvgIpc) is 2.19. The van der Waals surface area contributed by atoms with Gasteiger partial charge in [0.25, 0.3) is 0 Å². The van der Waals surface area contributed by atoms with Crippen LogP contribution in [0.3, 0.4) is 0 Å². The third kappa shape index (κ3) is 2.22. The summed E-state index contributed by atoms with van der Waals surface area (Å²) >= 11 is 3.69. The molecular formula is C12H13Br. The Bertz CT molecular complexity index is 300. The molecule has 1 aromatic rings. The van der Waals surface area contributed by atoms with Crippen LogP contribution in [0.5, 0.6) is 0 Å². The van der Waals surface area contributed by atoms with Gasteiger partial charge in [0.15, 0.2) is 0 Å². The zero-order valence-electron chi connectivity index (χ0n) is 7.54. The highest BCUT2D eigenvalue weighted by Gasteiger charge is 2.12. The Balaban J connectivity index is 2.22. The zero-order chi connectivity index (χ0) is 9.10. The molecule has 1 aromatic carbocycles. The van der Waals surface area contributed by atoms with Gasteiger partial charge in [0, 0.05) is 4.83 Å². The van der Waals surface area contributed by atoms with Gasteiger partial charge in [-0.05, 0) is 30.4 Å². The van der Waals surface area contributed by atoms with E-state index in [1.165, 1.54) is 30.4 Å². The van der Waals surface area contributed by atoms with Crippen LogP contribution in [0.2, 0.25) is 0 Å². The molecule has 68 valence electrons. The van der Waals surface area contributed by atoms with Gasteiger partial charge in [0.1, 0.15) is 0 Å². The Hall–Kier alpha value is -0.560. The second kappa shape index (κ2) is 4.10. The first-order valence-corrected chi connectivity index (χ1v) is 5.66. The van der Waals surface area contributed by atoms with Gasteiger partial charge >= 0.3 is 0 Å². The summed E-state index contributed by atoms with van der Waals surface area (Å²) in [5, 5.41) is 0. The molecule has 0 radical (unpaired) electrons. The van der Waals surface area contributed by atoms with E-state index in [0.29, 0.717) is 4.83 Å². The highest BCUT2D eigenvalue weighted by Crippen LogP contribution is 2.30. The van der Waals surface area contributed by atoms with Gasteiger partial charge in [0.05, 0.1) is 0 Å². The highest BCUT2D eigenvalue weighted by molar-refractivity contribution is 9.09. The molecule has 0 nitrogen and oxygen atoms in total. The molecule has 0 heterocycles.